The summed E-state index contributed by atoms with van der Waals surface area (Å²) in [5, 5.41) is 2.48. The quantitative estimate of drug-likeness (QED) is 0.628. The molecule has 0 aliphatic rings. The van der Waals surface area contributed by atoms with Crippen molar-refractivity contribution >= 4 is 11.9 Å². The molecule has 0 radical (unpaired) electrons. The highest BCUT2D eigenvalue weighted by Crippen LogP contribution is 2.29. The van der Waals surface area contributed by atoms with Crippen molar-refractivity contribution in [3.63, 3.8) is 0 Å². The summed E-state index contributed by atoms with van der Waals surface area (Å²) in [6.07, 6.45) is -4.88. The van der Waals surface area contributed by atoms with E-state index in [1.807, 2.05) is 0 Å². The van der Waals surface area contributed by atoms with Gasteiger partial charge in [-0.15, -0.1) is 0 Å². The van der Waals surface area contributed by atoms with Crippen LogP contribution >= 0.6 is 0 Å². The smallest absolute Gasteiger partial charge is 0.416 e. The van der Waals surface area contributed by atoms with Crippen LogP contribution in [-0.2, 0) is 33.5 Å². The maximum Gasteiger partial charge on any atom is 0.416 e. The summed E-state index contributed by atoms with van der Waals surface area (Å²) in [5.74, 6) is -1.79. The van der Waals surface area contributed by atoms with E-state index in [-0.39, 0.29) is 18.5 Å². The van der Waals surface area contributed by atoms with Crippen molar-refractivity contribution in [1.82, 2.24) is 5.32 Å². The average Bonchev–Trinajstić information content (AvgIpc) is 2.59. The molecular weight excluding hydrogens is 354 g/mol. The summed E-state index contributed by atoms with van der Waals surface area (Å²) in [6.45, 7) is -0.427. The second kappa shape index (κ2) is 8.46. The van der Waals surface area contributed by atoms with E-state index in [0.717, 1.165) is 12.1 Å². The number of alkyl halides is 3. The van der Waals surface area contributed by atoms with E-state index in [4.69, 9.17) is 4.74 Å². The lowest BCUT2D eigenvalue weighted by Crippen LogP contribution is -2.28. The van der Waals surface area contributed by atoms with E-state index in [1.54, 1.807) is 0 Å². The molecule has 2 aromatic carbocycles. The van der Waals surface area contributed by atoms with E-state index < -0.39 is 36.0 Å². The Labute approximate surface area is 146 Å². The molecule has 0 aliphatic heterocycles. The van der Waals surface area contributed by atoms with Gasteiger partial charge in [0.25, 0.3) is 5.91 Å². The lowest BCUT2D eigenvalue weighted by molar-refractivity contribution is -0.148. The Morgan fingerprint density at radius 3 is 2.35 bits per heavy atom. The Kier molecular flexibility index (Phi) is 6.32. The first kappa shape index (κ1) is 19.4. The number of nitrogens with one attached hydrogen (secondary N) is 1. The fourth-order valence-electron chi connectivity index (χ4n) is 2.08. The van der Waals surface area contributed by atoms with Gasteiger partial charge in [-0.05, 0) is 29.3 Å². The third kappa shape index (κ3) is 6.19. The van der Waals surface area contributed by atoms with Gasteiger partial charge in [-0.1, -0.05) is 30.3 Å². The van der Waals surface area contributed by atoms with Gasteiger partial charge in [0.05, 0.1) is 12.0 Å². The fourth-order valence-corrected chi connectivity index (χ4v) is 2.08. The van der Waals surface area contributed by atoms with E-state index in [2.05, 4.69) is 5.32 Å². The number of carbonyl (C=O) groups is 2. The molecule has 0 atom stereocenters. The minimum atomic E-state index is -4.50. The molecule has 0 aromatic heterocycles. The number of ether oxygens (including phenoxy) is 1. The normalized spacial score (nSPS) is 11.1. The Hall–Kier alpha value is -2.90. The largest absolute Gasteiger partial charge is 0.455 e. The molecule has 4 nitrogen and oxygen atoms in total. The van der Waals surface area contributed by atoms with Crippen molar-refractivity contribution in [3.8, 4) is 0 Å². The minimum absolute atomic E-state index is 0.129. The first-order valence-electron chi connectivity index (χ1n) is 7.57. The molecule has 1 amide bonds. The van der Waals surface area contributed by atoms with Crippen molar-refractivity contribution < 1.29 is 31.9 Å². The lowest BCUT2D eigenvalue weighted by atomic mass is 10.1. The van der Waals surface area contributed by atoms with Crippen LogP contribution in [0.15, 0.2) is 48.5 Å². The summed E-state index contributed by atoms with van der Waals surface area (Å²) in [5.41, 5.74) is -0.0635. The molecule has 8 heteroatoms. The predicted octanol–water partition coefficient (Wildman–Crippen LogP) is 3.25. The van der Waals surface area contributed by atoms with Crippen molar-refractivity contribution in [2.75, 3.05) is 6.61 Å². The van der Waals surface area contributed by atoms with Crippen LogP contribution in [0.5, 0.6) is 0 Å². The second-order valence-electron chi connectivity index (χ2n) is 5.44. The highest BCUT2D eigenvalue weighted by atomic mass is 19.4. The fraction of sp³-hybridized carbons (Fsp3) is 0.222. The second-order valence-corrected chi connectivity index (χ2v) is 5.44. The molecule has 0 saturated heterocycles. The maximum absolute atomic E-state index is 12.8. The van der Waals surface area contributed by atoms with Crippen molar-refractivity contribution in [2.24, 2.45) is 0 Å². The molecular formula is C18H15F4NO3. The maximum atomic E-state index is 12.8. The zero-order chi connectivity index (χ0) is 19.2. The third-order valence-corrected chi connectivity index (χ3v) is 3.37. The van der Waals surface area contributed by atoms with Crippen LogP contribution in [0.1, 0.15) is 16.7 Å². The molecule has 0 unspecified atom stereocenters. The van der Waals surface area contributed by atoms with E-state index in [1.165, 1.54) is 36.4 Å². The molecule has 1 N–H and O–H groups in total. The monoisotopic (exact) mass is 369 g/mol. The van der Waals surface area contributed by atoms with Gasteiger partial charge in [-0.3, -0.25) is 9.59 Å². The number of hydrogen-bond acceptors (Lipinski definition) is 3. The molecule has 2 aromatic rings. The molecule has 0 heterocycles. The Morgan fingerprint density at radius 1 is 1.00 bits per heavy atom. The van der Waals surface area contributed by atoms with E-state index in [0.29, 0.717) is 5.56 Å². The minimum Gasteiger partial charge on any atom is -0.455 e. The molecule has 2 rings (SSSR count). The number of halogens is 4. The SMILES string of the molecule is O=C(COC(=O)Cc1cccc(C(F)(F)F)c1)NCc1ccc(F)cc1. The number of carbonyl (C=O) groups excluding carboxylic acids is 2. The van der Waals surface area contributed by atoms with Gasteiger partial charge in [0.15, 0.2) is 6.61 Å². The van der Waals surface area contributed by atoms with Crippen molar-refractivity contribution in [1.29, 1.82) is 0 Å². The van der Waals surface area contributed by atoms with Gasteiger partial charge in [0.2, 0.25) is 0 Å². The summed E-state index contributed by atoms with van der Waals surface area (Å²) in [7, 11) is 0. The van der Waals surface area contributed by atoms with Gasteiger partial charge in [-0.2, -0.15) is 13.2 Å². The standard InChI is InChI=1S/C18H15F4NO3/c19-15-6-4-12(5-7-15)10-23-16(24)11-26-17(25)9-13-2-1-3-14(8-13)18(20,21)22/h1-8H,9-11H2,(H,23,24). The number of rotatable bonds is 6. The van der Waals surface area contributed by atoms with Crippen molar-refractivity contribution in [2.45, 2.75) is 19.1 Å². The predicted molar refractivity (Wildman–Crippen MR) is 84.4 cm³/mol. The van der Waals surface area contributed by atoms with Crippen LogP contribution < -0.4 is 5.32 Å². The first-order chi connectivity index (χ1) is 12.2. The topological polar surface area (TPSA) is 55.4 Å². The van der Waals surface area contributed by atoms with Crippen LogP contribution in [-0.4, -0.2) is 18.5 Å². The van der Waals surface area contributed by atoms with Gasteiger partial charge in [0, 0.05) is 6.54 Å². The molecule has 26 heavy (non-hydrogen) atoms. The molecule has 0 spiro atoms. The highest BCUT2D eigenvalue weighted by Gasteiger charge is 2.30. The Balaban J connectivity index is 1.77. The molecule has 0 aliphatic carbocycles. The molecule has 0 bridgehead atoms. The molecule has 0 fully saturated rings. The first-order valence-corrected chi connectivity index (χ1v) is 7.57. The lowest BCUT2D eigenvalue weighted by Gasteiger charge is -2.09. The third-order valence-electron chi connectivity index (χ3n) is 3.37. The number of amides is 1. The van der Waals surface area contributed by atoms with Crippen molar-refractivity contribution in [3.05, 3.63) is 71.0 Å². The van der Waals surface area contributed by atoms with Gasteiger partial charge in [0.1, 0.15) is 5.82 Å². The van der Waals surface area contributed by atoms with Crippen LogP contribution in [0.3, 0.4) is 0 Å². The van der Waals surface area contributed by atoms with E-state index in [9.17, 15) is 27.2 Å². The van der Waals surface area contributed by atoms with Crippen LogP contribution in [0.4, 0.5) is 17.6 Å². The van der Waals surface area contributed by atoms with Gasteiger partial charge in [-0.25, -0.2) is 4.39 Å². The summed E-state index contributed by atoms with van der Waals surface area (Å²) in [4.78, 5) is 23.3. The van der Waals surface area contributed by atoms with Crippen LogP contribution in [0, 0.1) is 5.82 Å². The molecule has 0 saturated carbocycles. The number of benzene rings is 2. The highest BCUT2D eigenvalue weighted by molar-refractivity contribution is 5.81. The zero-order valence-corrected chi connectivity index (χ0v) is 13.5. The van der Waals surface area contributed by atoms with Gasteiger partial charge >= 0.3 is 12.1 Å². The number of esters is 1. The van der Waals surface area contributed by atoms with Gasteiger partial charge < -0.3 is 10.1 Å². The average molecular weight is 369 g/mol. The van der Waals surface area contributed by atoms with Crippen LogP contribution in [0.2, 0.25) is 0 Å². The van der Waals surface area contributed by atoms with Crippen LogP contribution in [0.25, 0.3) is 0 Å². The number of hydrogen-bond donors (Lipinski definition) is 1. The zero-order valence-electron chi connectivity index (χ0n) is 13.5. The summed E-state index contributed by atoms with van der Waals surface area (Å²) >= 11 is 0. The summed E-state index contributed by atoms with van der Waals surface area (Å²) < 4.78 is 55.4. The molecule has 138 valence electrons. The summed E-state index contributed by atoms with van der Waals surface area (Å²) in [6, 6.07) is 9.80. The Morgan fingerprint density at radius 2 is 1.69 bits per heavy atom. The Bertz CT molecular complexity index is 773. The van der Waals surface area contributed by atoms with E-state index >= 15 is 0 Å².